The zero-order chi connectivity index (χ0) is 11.1. The molecule has 1 aliphatic rings. The van der Waals surface area contributed by atoms with E-state index in [1.54, 1.807) is 18.6 Å². The Kier molecular flexibility index (Phi) is 2.17. The van der Waals surface area contributed by atoms with E-state index >= 15 is 0 Å². The quantitative estimate of drug-likeness (QED) is 0.913. The minimum Gasteiger partial charge on any atom is -0.309 e. The largest absolute Gasteiger partial charge is 0.309 e. The smallest absolute Gasteiger partial charge is 0.228 e. The van der Waals surface area contributed by atoms with E-state index in [0.717, 1.165) is 17.4 Å². The van der Waals surface area contributed by atoms with Crippen molar-refractivity contribution in [2.45, 2.75) is 12.8 Å². The summed E-state index contributed by atoms with van der Waals surface area (Å²) in [5, 5.41) is 2.80. The van der Waals surface area contributed by atoms with Crippen LogP contribution in [0.5, 0.6) is 0 Å². The molecule has 0 aliphatic heterocycles. The van der Waals surface area contributed by atoms with Crippen LogP contribution in [0.2, 0.25) is 0 Å². The zero-order valence-electron chi connectivity index (χ0n) is 8.35. The highest BCUT2D eigenvalue weighted by Gasteiger charge is 2.29. The molecule has 2 aromatic heterocycles. The number of halogens is 1. The van der Waals surface area contributed by atoms with Crippen molar-refractivity contribution >= 4 is 33.3 Å². The van der Waals surface area contributed by atoms with Gasteiger partial charge >= 0.3 is 0 Å². The second-order valence-electron chi connectivity index (χ2n) is 3.87. The summed E-state index contributed by atoms with van der Waals surface area (Å²) >= 11 is 3.28. The monoisotopic (exact) mass is 280 g/mol. The molecule has 1 aliphatic carbocycles. The lowest BCUT2D eigenvalue weighted by Crippen LogP contribution is -2.13. The molecule has 0 radical (unpaired) electrons. The Morgan fingerprint density at radius 1 is 1.50 bits per heavy atom. The standard InChI is InChI=1S/C10H9BrN4O/c11-7-4-15-5-8(13-9(15)3-12-7)14-10(16)6-1-2-6/h3-6H,1-2H2,(H,14,16). The summed E-state index contributed by atoms with van der Waals surface area (Å²) in [6, 6.07) is 0. The van der Waals surface area contributed by atoms with E-state index in [4.69, 9.17) is 0 Å². The van der Waals surface area contributed by atoms with E-state index in [0.29, 0.717) is 11.5 Å². The number of nitrogens with zero attached hydrogens (tertiary/aromatic N) is 3. The van der Waals surface area contributed by atoms with Crippen molar-refractivity contribution in [3.63, 3.8) is 0 Å². The van der Waals surface area contributed by atoms with Crippen LogP contribution in [0.15, 0.2) is 23.2 Å². The molecule has 1 saturated carbocycles. The molecule has 1 fully saturated rings. The third-order valence-electron chi connectivity index (χ3n) is 2.51. The SMILES string of the molecule is O=C(Nc1cn2cc(Br)ncc2n1)C1CC1. The fraction of sp³-hybridized carbons (Fsp3) is 0.300. The van der Waals surface area contributed by atoms with Crippen LogP contribution in [0.25, 0.3) is 5.65 Å². The Bertz CT molecular complexity index is 561. The predicted molar refractivity (Wildman–Crippen MR) is 62.0 cm³/mol. The average molecular weight is 281 g/mol. The number of rotatable bonds is 2. The van der Waals surface area contributed by atoms with Crippen LogP contribution in [0.4, 0.5) is 5.82 Å². The molecule has 2 heterocycles. The lowest BCUT2D eigenvalue weighted by molar-refractivity contribution is -0.117. The van der Waals surface area contributed by atoms with Gasteiger partial charge < -0.3 is 9.72 Å². The van der Waals surface area contributed by atoms with Gasteiger partial charge in [-0.1, -0.05) is 0 Å². The fourth-order valence-electron chi connectivity index (χ4n) is 1.51. The first kappa shape index (κ1) is 9.77. The molecule has 0 saturated heterocycles. The Morgan fingerprint density at radius 3 is 3.06 bits per heavy atom. The summed E-state index contributed by atoms with van der Waals surface area (Å²) in [5.74, 6) is 0.835. The summed E-state index contributed by atoms with van der Waals surface area (Å²) in [4.78, 5) is 19.9. The van der Waals surface area contributed by atoms with Crippen LogP contribution in [-0.2, 0) is 4.79 Å². The first-order valence-corrected chi connectivity index (χ1v) is 5.83. The number of fused-ring (bicyclic) bond motifs is 1. The Labute approximate surface area is 100 Å². The molecule has 5 nitrogen and oxygen atoms in total. The Morgan fingerprint density at radius 2 is 2.31 bits per heavy atom. The average Bonchev–Trinajstić information content (AvgIpc) is 3.00. The Hall–Kier alpha value is -1.43. The van der Waals surface area contributed by atoms with Gasteiger partial charge in [0.2, 0.25) is 5.91 Å². The molecule has 1 amide bonds. The first-order chi connectivity index (χ1) is 7.72. The van der Waals surface area contributed by atoms with Gasteiger partial charge in [0.05, 0.1) is 12.4 Å². The lowest BCUT2D eigenvalue weighted by Gasteiger charge is -1.97. The number of amides is 1. The van der Waals surface area contributed by atoms with Gasteiger partial charge in [0.15, 0.2) is 11.5 Å². The van der Waals surface area contributed by atoms with Crippen LogP contribution >= 0.6 is 15.9 Å². The van der Waals surface area contributed by atoms with Gasteiger partial charge in [0.25, 0.3) is 0 Å². The maximum Gasteiger partial charge on any atom is 0.228 e. The van der Waals surface area contributed by atoms with E-state index < -0.39 is 0 Å². The lowest BCUT2D eigenvalue weighted by atomic mass is 10.4. The maximum atomic E-state index is 11.5. The molecular formula is C10H9BrN4O. The Balaban J connectivity index is 1.89. The van der Waals surface area contributed by atoms with Crippen molar-refractivity contribution in [3.8, 4) is 0 Å². The second kappa shape index (κ2) is 3.55. The molecule has 0 spiro atoms. The van der Waals surface area contributed by atoms with Crippen LogP contribution in [-0.4, -0.2) is 20.3 Å². The number of hydrogen-bond acceptors (Lipinski definition) is 3. The van der Waals surface area contributed by atoms with Gasteiger partial charge in [-0.3, -0.25) is 4.79 Å². The highest BCUT2D eigenvalue weighted by atomic mass is 79.9. The number of imidazole rings is 1. The summed E-state index contributed by atoms with van der Waals surface area (Å²) in [6.45, 7) is 0. The fourth-order valence-corrected chi connectivity index (χ4v) is 1.83. The molecule has 1 N–H and O–H groups in total. The number of anilines is 1. The molecule has 0 bridgehead atoms. The maximum absolute atomic E-state index is 11.5. The number of nitrogens with one attached hydrogen (secondary N) is 1. The van der Waals surface area contributed by atoms with E-state index in [1.807, 2.05) is 4.40 Å². The molecule has 0 atom stereocenters. The van der Waals surface area contributed by atoms with Gasteiger partial charge in [-0.2, -0.15) is 0 Å². The topological polar surface area (TPSA) is 59.3 Å². The number of carbonyl (C=O) groups excluding carboxylic acids is 1. The number of aromatic nitrogens is 3. The van der Waals surface area contributed by atoms with Crippen LogP contribution in [0.3, 0.4) is 0 Å². The minimum absolute atomic E-state index is 0.0652. The van der Waals surface area contributed by atoms with E-state index in [9.17, 15) is 4.79 Å². The van der Waals surface area contributed by atoms with Gasteiger partial charge in [0, 0.05) is 12.1 Å². The third-order valence-corrected chi connectivity index (χ3v) is 2.92. The second-order valence-corrected chi connectivity index (χ2v) is 4.68. The van der Waals surface area contributed by atoms with Gasteiger partial charge in [-0.15, -0.1) is 0 Å². The molecular weight excluding hydrogens is 272 g/mol. The van der Waals surface area contributed by atoms with Gasteiger partial charge in [-0.25, -0.2) is 9.97 Å². The predicted octanol–water partition coefficient (Wildman–Crippen LogP) is 1.84. The normalized spacial score (nSPS) is 15.3. The van der Waals surface area contributed by atoms with Crippen LogP contribution in [0.1, 0.15) is 12.8 Å². The molecule has 3 rings (SSSR count). The molecule has 0 aromatic carbocycles. The highest BCUT2D eigenvalue weighted by molar-refractivity contribution is 9.10. The molecule has 2 aromatic rings. The summed E-state index contributed by atoms with van der Waals surface area (Å²) in [7, 11) is 0. The molecule has 16 heavy (non-hydrogen) atoms. The van der Waals surface area contributed by atoms with Crippen LogP contribution in [0, 0.1) is 5.92 Å². The zero-order valence-corrected chi connectivity index (χ0v) is 9.94. The number of carbonyl (C=O) groups is 1. The minimum atomic E-state index is 0.0652. The highest BCUT2D eigenvalue weighted by Crippen LogP contribution is 2.30. The molecule has 82 valence electrons. The van der Waals surface area contributed by atoms with Gasteiger partial charge in [-0.05, 0) is 28.8 Å². The van der Waals surface area contributed by atoms with Crippen molar-refractivity contribution in [2.24, 2.45) is 5.92 Å². The van der Waals surface area contributed by atoms with E-state index in [1.165, 1.54) is 0 Å². The van der Waals surface area contributed by atoms with Crippen molar-refractivity contribution in [3.05, 3.63) is 23.2 Å². The van der Waals surface area contributed by atoms with Crippen LogP contribution < -0.4 is 5.32 Å². The van der Waals surface area contributed by atoms with Gasteiger partial charge in [0.1, 0.15) is 4.60 Å². The third kappa shape index (κ3) is 1.80. The van der Waals surface area contributed by atoms with Crippen molar-refractivity contribution in [2.75, 3.05) is 5.32 Å². The van der Waals surface area contributed by atoms with Crippen molar-refractivity contribution in [1.29, 1.82) is 0 Å². The van der Waals surface area contributed by atoms with Crippen molar-refractivity contribution in [1.82, 2.24) is 14.4 Å². The van der Waals surface area contributed by atoms with Crippen molar-refractivity contribution < 1.29 is 4.79 Å². The summed E-state index contributed by atoms with van der Waals surface area (Å²) in [5.41, 5.74) is 0.717. The van der Waals surface area contributed by atoms with E-state index in [-0.39, 0.29) is 11.8 Å². The van der Waals surface area contributed by atoms with E-state index in [2.05, 4.69) is 31.2 Å². The number of hydrogen-bond donors (Lipinski definition) is 1. The molecule has 0 unspecified atom stereocenters. The summed E-state index contributed by atoms with van der Waals surface area (Å²) < 4.78 is 2.55. The molecule has 6 heteroatoms. The summed E-state index contributed by atoms with van der Waals surface area (Å²) in [6.07, 6.45) is 7.21. The first-order valence-electron chi connectivity index (χ1n) is 5.03.